The smallest absolute Gasteiger partial charge is 0.327 e. The Bertz CT molecular complexity index is 531. The van der Waals surface area contributed by atoms with Gasteiger partial charge in [-0.2, -0.15) is 5.26 Å². The number of benzene rings is 1. The molecular weight excluding hydrogens is 268 g/mol. The Kier molecular flexibility index (Phi) is 5.32. The number of methoxy groups -OCH3 is 1. The van der Waals surface area contributed by atoms with Crippen LogP contribution in [0.25, 0.3) is 0 Å². The van der Waals surface area contributed by atoms with Gasteiger partial charge in [0.05, 0.1) is 18.7 Å². The van der Waals surface area contributed by atoms with Crippen molar-refractivity contribution in [2.45, 2.75) is 18.9 Å². The van der Waals surface area contributed by atoms with Crippen LogP contribution in [-0.2, 0) is 9.53 Å². The van der Waals surface area contributed by atoms with Gasteiger partial charge in [0.2, 0.25) is 0 Å². The maximum absolute atomic E-state index is 12.2. The average Bonchev–Trinajstić information content (AvgIpc) is 2.55. The van der Waals surface area contributed by atoms with Crippen molar-refractivity contribution in [3.63, 3.8) is 0 Å². The zero-order chi connectivity index (χ0) is 15.2. The van der Waals surface area contributed by atoms with Crippen molar-refractivity contribution in [1.29, 1.82) is 5.26 Å². The van der Waals surface area contributed by atoms with E-state index in [0.29, 0.717) is 11.5 Å². The minimum Gasteiger partial charge on any atom is -0.468 e. The van der Waals surface area contributed by atoms with E-state index in [0.717, 1.165) is 31.5 Å². The molecule has 0 spiro atoms. The molecule has 1 heterocycles. The zero-order valence-electron chi connectivity index (χ0n) is 12.2. The highest BCUT2D eigenvalue weighted by atomic mass is 16.5. The molecule has 1 aromatic carbocycles. The number of hydrogen-bond acceptors (Lipinski definition) is 5. The normalized spacial score (nSPS) is 18.0. The maximum Gasteiger partial charge on any atom is 0.327 e. The highest BCUT2D eigenvalue weighted by Crippen LogP contribution is 2.28. The minimum atomic E-state index is -0.483. The quantitative estimate of drug-likeness (QED) is 0.849. The van der Waals surface area contributed by atoms with E-state index in [9.17, 15) is 9.90 Å². The van der Waals surface area contributed by atoms with Gasteiger partial charge in [-0.3, -0.25) is 4.90 Å². The largest absolute Gasteiger partial charge is 0.468 e. The summed E-state index contributed by atoms with van der Waals surface area (Å²) in [5.41, 5.74) is 1.31. The second-order valence-electron chi connectivity index (χ2n) is 5.32. The van der Waals surface area contributed by atoms with Gasteiger partial charge in [0, 0.05) is 6.61 Å². The molecule has 0 aromatic heterocycles. The third-order valence-corrected chi connectivity index (χ3v) is 4.03. The number of carbonyl (C=O) groups excluding carboxylic acids is 1. The number of nitriles is 1. The Morgan fingerprint density at radius 3 is 2.81 bits per heavy atom. The molecule has 1 fully saturated rings. The van der Waals surface area contributed by atoms with E-state index in [1.165, 1.54) is 7.11 Å². The van der Waals surface area contributed by atoms with Crippen LogP contribution in [0, 0.1) is 17.2 Å². The molecule has 1 saturated heterocycles. The monoisotopic (exact) mass is 288 g/mol. The maximum atomic E-state index is 12.2. The molecule has 0 saturated carbocycles. The van der Waals surface area contributed by atoms with Gasteiger partial charge in [-0.15, -0.1) is 0 Å². The molecule has 1 unspecified atom stereocenters. The van der Waals surface area contributed by atoms with Crippen molar-refractivity contribution in [2.75, 3.05) is 26.8 Å². The summed E-state index contributed by atoms with van der Waals surface area (Å²) in [5.74, 6) is -0.00229. The summed E-state index contributed by atoms with van der Waals surface area (Å²) in [6.45, 7) is 1.67. The fourth-order valence-corrected chi connectivity index (χ4v) is 2.78. The number of carbonyl (C=O) groups is 1. The fourth-order valence-electron chi connectivity index (χ4n) is 2.78. The summed E-state index contributed by atoms with van der Waals surface area (Å²) >= 11 is 0. The lowest BCUT2D eigenvalue weighted by atomic mass is 9.94. The number of hydrogen-bond donors (Lipinski definition) is 1. The molecule has 5 nitrogen and oxygen atoms in total. The summed E-state index contributed by atoms with van der Waals surface area (Å²) in [7, 11) is 1.38. The molecule has 1 atom stereocenters. The summed E-state index contributed by atoms with van der Waals surface area (Å²) in [4.78, 5) is 14.2. The molecular formula is C16H20N2O3. The minimum absolute atomic E-state index is 0.195. The molecule has 0 aliphatic carbocycles. The molecule has 0 bridgehead atoms. The van der Waals surface area contributed by atoms with Crippen LogP contribution in [0.15, 0.2) is 24.3 Å². The standard InChI is InChI=1S/C16H20N2O3/c1-21-16(20)15(14-4-2-3-13(9-14)10-17)18-7-5-12(11-19)6-8-18/h2-4,9,12,15,19H,5-8,11H2,1H3. The van der Waals surface area contributed by atoms with Crippen LogP contribution in [0.2, 0.25) is 0 Å². The molecule has 1 N–H and O–H groups in total. The molecule has 2 rings (SSSR count). The van der Waals surface area contributed by atoms with Gasteiger partial charge in [-0.25, -0.2) is 4.79 Å². The first-order chi connectivity index (χ1) is 10.2. The third-order valence-electron chi connectivity index (χ3n) is 4.03. The molecule has 0 radical (unpaired) electrons. The van der Waals surface area contributed by atoms with Crippen LogP contribution < -0.4 is 0 Å². The van der Waals surface area contributed by atoms with Crippen LogP contribution in [0.5, 0.6) is 0 Å². The summed E-state index contributed by atoms with van der Waals surface area (Å²) in [6, 6.07) is 8.69. The zero-order valence-corrected chi connectivity index (χ0v) is 12.2. The van der Waals surface area contributed by atoms with E-state index >= 15 is 0 Å². The van der Waals surface area contributed by atoms with Gasteiger partial charge in [-0.05, 0) is 49.5 Å². The second kappa shape index (κ2) is 7.21. The number of piperidine rings is 1. The van der Waals surface area contributed by atoms with Crippen LogP contribution in [-0.4, -0.2) is 42.8 Å². The Morgan fingerprint density at radius 1 is 1.52 bits per heavy atom. The predicted octanol–water partition coefficient (Wildman–Crippen LogP) is 1.48. The molecule has 1 aliphatic heterocycles. The molecule has 5 heteroatoms. The number of likely N-dealkylation sites (tertiary alicyclic amines) is 1. The van der Waals surface area contributed by atoms with E-state index in [1.807, 2.05) is 6.07 Å². The fraction of sp³-hybridized carbons (Fsp3) is 0.500. The topological polar surface area (TPSA) is 73.6 Å². The lowest BCUT2D eigenvalue weighted by Gasteiger charge is -2.35. The number of esters is 1. The van der Waals surface area contributed by atoms with Gasteiger partial charge >= 0.3 is 5.97 Å². The van der Waals surface area contributed by atoms with Crippen molar-refractivity contribution >= 4 is 5.97 Å². The predicted molar refractivity (Wildman–Crippen MR) is 77.3 cm³/mol. The Labute approximate surface area is 124 Å². The van der Waals surface area contributed by atoms with Crippen LogP contribution in [0.3, 0.4) is 0 Å². The Hall–Kier alpha value is -1.90. The first-order valence-electron chi connectivity index (χ1n) is 7.12. The summed E-state index contributed by atoms with van der Waals surface area (Å²) in [6.07, 6.45) is 1.73. The van der Waals surface area contributed by atoms with E-state index in [4.69, 9.17) is 10.00 Å². The molecule has 0 amide bonds. The second-order valence-corrected chi connectivity index (χ2v) is 5.32. The van der Waals surface area contributed by atoms with Gasteiger partial charge in [0.25, 0.3) is 0 Å². The number of aliphatic hydroxyl groups is 1. The highest BCUT2D eigenvalue weighted by Gasteiger charge is 2.31. The Balaban J connectivity index is 2.23. The number of rotatable bonds is 4. The van der Waals surface area contributed by atoms with Crippen molar-refractivity contribution in [2.24, 2.45) is 5.92 Å². The van der Waals surface area contributed by atoms with E-state index in [2.05, 4.69) is 11.0 Å². The van der Waals surface area contributed by atoms with E-state index < -0.39 is 6.04 Å². The van der Waals surface area contributed by atoms with Crippen LogP contribution in [0.4, 0.5) is 0 Å². The third kappa shape index (κ3) is 3.60. The highest BCUT2D eigenvalue weighted by molar-refractivity contribution is 5.77. The van der Waals surface area contributed by atoms with E-state index in [1.54, 1.807) is 18.2 Å². The number of nitrogens with zero attached hydrogens (tertiary/aromatic N) is 2. The van der Waals surface area contributed by atoms with Crippen molar-refractivity contribution in [3.8, 4) is 6.07 Å². The SMILES string of the molecule is COC(=O)C(c1cccc(C#N)c1)N1CCC(CO)CC1. The van der Waals surface area contributed by atoms with Gasteiger partial charge in [0.15, 0.2) is 0 Å². The van der Waals surface area contributed by atoms with Gasteiger partial charge in [-0.1, -0.05) is 12.1 Å². The van der Waals surface area contributed by atoms with Crippen molar-refractivity contribution < 1.29 is 14.6 Å². The lowest BCUT2D eigenvalue weighted by molar-refractivity contribution is -0.148. The number of ether oxygens (including phenoxy) is 1. The first-order valence-corrected chi connectivity index (χ1v) is 7.12. The average molecular weight is 288 g/mol. The Morgan fingerprint density at radius 2 is 2.24 bits per heavy atom. The summed E-state index contributed by atoms with van der Waals surface area (Å²) in [5, 5.41) is 18.2. The lowest BCUT2D eigenvalue weighted by Crippen LogP contribution is -2.41. The first kappa shape index (κ1) is 15.5. The number of aliphatic hydroxyl groups excluding tert-OH is 1. The molecule has 112 valence electrons. The molecule has 1 aromatic rings. The molecule has 1 aliphatic rings. The van der Waals surface area contributed by atoms with Crippen LogP contribution in [0.1, 0.15) is 30.0 Å². The summed E-state index contributed by atoms with van der Waals surface area (Å²) < 4.78 is 4.93. The van der Waals surface area contributed by atoms with Crippen LogP contribution >= 0.6 is 0 Å². The van der Waals surface area contributed by atoms with E-state index in [-0.39, 0.29) is 12.6 Å². The molecule has 21 heavy (non-hydrogen) atoms. The van der Waals surface area contributed by atoms with Crippen molar-refractivity contribution in [1.82, 2.24) is 4.90 Å². The van der Waals surface area contributed by atoms with Crippen molar-refractivity contribution in [3.05, 3.63) is 35.4 Å². The van der Waals surface area contributed by atoms with Gasteiger partial charge < -0.3 is 9.84 Å². The van der Waals surface area contributed by atoms with Gasteiger partial charge in [0.1, 0.15) is 6.04 Å².